The summed E-state index contributed by atoms with van der Waals surface area (Å²) in [6.45, 7) is 5.45. The standard InChI is InChI=1S/C12H19N7O/c1-3-18(4-2)10(20)7-15-11-12-14-5-6-19(12)8-9(16-11)17-13/h5-6,8,17H,3-4,7,13H2,1-2H3,(H,15,16). The molecule has 8 nitrogen and oxygen atoms in total. The molecule has 0 aromatic carbocycles. The SMILES string of the molecule is CCN(CC)C(=O)CNc1nc(NN)cn2ccnc12. The molecule has 0 fully saturated rings. The predicted molar refractivity (Wildman–Crippen MR) is 77.2 cm³/mol. The number of carbonyl (C=O) groups excluding carboxylic acids is 1. The molecule has 0 saturated heterocycles. The second-order valence-electron chi connectivity index (χ2n) is 4.20. The number of rotatable bonds is 6. The smallest absolute Gasteiger partial charge is 0.241 e. The molecule has 0 aliphatic carbocycles. The lowest BCUT2D eigenvalue weighted by Gasteiger charge is -2.19. The van der Waals surface area contributed by atoms with Crippen molar-refractivity contribution < 1.29 is 4.79 Å². The number of likely N-dealkylation sites (N-methyl/N-ethyl adjacent to an activating group) is 1. The fourth-order valence-electron chi connectivity index (χ4n) is 1.97. The highest BCUT2D eigenvalue weighted by molar-refractivity contribution is 5.82. The molecule has 2 heterocycles. The number of carbonyl (C=O) groups is 1. The third-order valence-electron chi connectivity index (χ3n) is 3.05. The number of aromatic nitrogens is 3. The number of hydrogen-bond donors (Lipinski definition) is 3. The maximum atomic E-state index is 12.0. The Morgan fingerprint density at radius 1 is 1.45 bits per heavy atom. The lowest BCUT2D eigenvalue weighted by molar-refractivity contribution is -0.128. The zero-order valence-electron chi connectivity index (χ0n) is 11.6. The van der Waals surface area contributed by atoms with Crippen LogP contribution >= 0.6 is 0 Å². The molecule has 8 heteroatoms. The van der Waals surface area contributed by atoms with Crippen LogP contribution in [-0.2, 0) is 4.79 Å². The molecule has 0 saturated carbocycles. The molecule has 0 unspecified atom stereocenters. The zero-order chi connectivity index (χ0) is 14.5. The average Bonchev–Trinajstić information content (AvgIpc) is 2.94. The van der Waals surface area contributed by atoms with Crippen molar-refractivity contribution in [2.24, 2.45) is 5.84 Å². The number of nitrogens with one attached hydrogen (secondary N) is 2. The Labute approximate surface area is 117 Å². The molecule has 0 aliphatic heterocycles. The van der Waals surface area contributed by atoms with Gasteiger partial charge in [0.05, 0.1) is 12.7 Å². The lowest BCUT2D eigenvalue weighted by atomic mass is 10.4. The summed E-state index contributed by atoms with van der Waals surface area (Å²) in [4.78, 5) is 22.2. The molecule has 2 rings (SSSR count). The van der Waals surface area contributed by atoms with Crippen molar-refractivity contribution in [2.45, 2.75) is 13.8 Å². The van der Waals surface area contributed by atoms with Crippen LogP contribution in [-0.4, -0.2) is 44.8 Å². The van der Waals surface area contributed by atoms with E-state index in [0.717, 1.165) is 0 Å². The van der Waals surface area contributed by atoms with Crippen molar-refractivity contribution in [3.63, 3.8) is 0 Å². The molecule has 4 N–H and O–H groups in total. The molecule has 0 atom stereocenters. The molecule has 0 bridgehead atoms. The second kappa shape index (κ2) is 6.20. The lowest BCUT2D eigenvalue weighted by Crippen LogP contribution is -2.35. The van der Waals surface area contributed by atoms with Crippen molar-refractivity contribution in [3.8, 4) is 0 Å². The molecule has 2 aromatic heterocycles. The number of nitrogens with two attached hydrogens (primary N) is 1. The monoisotopic (exact) mass is 277 g/mol. The highest BCUT2D eigenvalue weighted by Gasteiger charge is 2.12. The maximum absolute atomic E-state index is 12.0. The Balaban J connectivity index is 2.16. The van der Waals surface area contributed by atoms with Gasteiger partial charge in [0.2, 0.25) is 5.91 Å². The van der Waals surface area contributed by atoms with E-state index in [2.05, 4.69) is 20.7 Å². The summed E-state index contributed by atoms with van der Waals surface area (Å²) in [6, 6.07) is 0. The Morgan fingerprint density at radius 2 is 2.20 bits per heavy atom. The van der Waals surface area contributed by atoms with Crippen LogP contribution in [0.5, 0.6) is 0 Å². The van der Waals surface area contributed by atoms with Crippen LogP contribution in [0.4, 0.5) is 11.6 Å². The van der Waals surface area contributed by atoms with Gasteiger partial charge in [-0.1, -0.05) is 0 Å². The maximum Gasteiger partial charge on any atom is 0.241 e. The van der Waals surface area contributed by atoms with Gasteiger partial charge < -0.3 is 20.0 Å². The molecule has 0 aliphatic rings. The van der Waals surface area contributed by atoms with Gasteiger partial charge in [-0.25, -0.2) is 15.8 Å². The van der Waals surface area contributed by atoms with E-state index in [1.165, 1.54) is 0 Å². The van der Waals surface area contributed by atoms with Crippen LogP contribution in [0.1, 0.15) is 13.8 Å². The Kier molecular flexibility index (Phi) is 4.36. The van der Waals surface area contributed by atoms with Crippen molar-refractivity contribution in [1.82, 2.24) is 19.3 Å². The van der Waals surface area contributed by atoms with E-state index in [4.69, 9.17) is 5.84 Å². The first-order valence-corrected chi connectivity index (χ1v) is 6.51. The first kappa shape index (κ1) is 14.1. The summed E-state index contributed by atoms with van der Waals surface area (Å²) in [5, 5.41) is 3.02. The molecule has 108 valence electrons. The normalized spacial score (nSPS) is 10.6. The first-order chi connectivity index (χ1) is 9.69. The number of nitrogens with zero attached hydrogens (tertiary/aromatic N) is 4. The van der Waals surface area contributed by atoms with Gasteiger partial charge in [0.1, 0.15) is 0 Å². The molecule has 2 aromatic rings. The molecular weight excluding hydrogens is 258 g/mol. The summed E-state index contributed by atoms with van der Waals surface area (Å²) in [7, 11) is 0. The Hall–Kier alpha value is -2.35. The summed E-state index contributed by atoms with van der Waals surface area (Å²) >= 11 is 0. The number of amides is 1. The van der Waals surface area contributed by atoms with E-state index in [1.807, 2.05) is 13.8 Å². The Morgan fingerprint density at radius 3 is 2.85 bits per heavy atom. The largest absolute Gasteiger partial charge is 0.358 e. The van der Waals surface area contributed by atoms with Gasteiger partial charge in [0, 0.05) is 25.5 Å². The van der Waals surface area contributed by atoms with Gasteiger partial charge in [0.15, 0.2) is 17.3 Å². The van der Waals surface area contributed by atoms with Gasteiger partial charge in [-0.15, -0.1) is 0 Å². The fraction of sp³-hybridized carbons (Fsp3) is 0.417. The number of hydrazine groups is 1. The summed E-state index contributed by atoms with van der Waals surface area (Å²) < 4.78 is 1.78. The number of imidazole rings is 1. The van der Waals surface area contributed by atoms with Crippen LogP contribution in [0.25, 0.3) is 5.65 Å². The van der Waals surface area contributed by atoms with Crippen molar-refractivity contribution >= 4 is 23.2 Å². The predicted octanol–water partition coefficient (Wildman–Crippen LogP) is 0.295. The fourth-order valence-corrected chi connectivity index (χ4v) is 1.97. The van der Waals surface area contributed by atoms with Crippen LogP contribution in [0.3, 0.4) is 0 Å². The summed E-state index contributed by atoms with van der Waals surface area (Å²) in [5.41, 5.74) is 3.14. The van der Waals surface area contributed by atoms with Gasteiger partial charge in [-0.05, 0) is 13.8 Å². The topological polar surface area (TPSA) is 101 Å². The van der Waals surface area contributed by atoms with Crippen molar-refractivity contribution in [2.75, 3.05) is 30.4 Å². The second-order valence-corrected chi connectivity index (χ2v) is 4.20. The molecular formula is C12H19N7O. The summed E-state index contributed by atoms with van der Waals surface area (Å²) in [6.07, 6.45) is 5.17. The van der Waals surface area contributed by atoms with Gasteiger partial charge in [0.25, 0.3) is 0 Å². The quantitative estimate of drug-likeness (QED) is 0.518. The van der Waals surface area contributed by atoms with Crippen LogP contribution in [0.2, 0.25) is 0 Å². The highest BCUT2D eigenvalue weighted by atomic mass is 16.2. The van der Waals surface area contributed by atoms with Crippen molar-refractivity contribution in [1.29, 1.82) is 0 Å². The van der Waals surface area contributed by atoms with E-state index in [0.29, 0.717) is 30.4 Å². The van der Waals surface area contributed by atoms with Crippen LogP contribution < -0.4 is 16.6 Å². The molecule has 20 heavy (non-hydrogen) atoms. The number of anilines is 2. The van der Waals surface area contributed by atoms with E-state index in [-0.39, 0.29) is 12.5 Å². The van der Waals surface area contributed by atoms with E-state index in [9.17, 15) is 4.79 Å². The summed E-state index contributed by atoms with van der Waals surface area (Å²) in [5.74, 6) is 6.41. The van der Waals surface area contributed by atoms with E-state index >= 15 is 0 Å². The van der Waals surface area contributed by atoms with Gasteiger partial charge in [-0.3, -0.25) is 4.79 Å². The van der Waals surface area contributed by atoms with Crippen LogP contribution in [0, 0.1) is 0 Å². The molecule has 0 spiro atoms. The highest BCUT2D eigenvalue weighted by Crippen LogP contribution is 2.15. The van der Waals surface area contributed by atoms with Crippen LogP contribution in [0.15, 0.2) is 18.6 Å². The van der Waals surface area contributed by atoms with Gasteiger partial charge in [-0.2, -0.15) is 0 Å². The van der Waals surface area contributed by atoms with E-state index < -0.39 is 0 Å². The molecule has 1 amide bonds. The number of hydrogen-bond acceptors (Lipinski definition) is 6. The Bertz CT molecular complexity index is 591. The number of fused-ring (bicyclic) bond motifs is 1. The minimum Gasteiger partial charge on any atom is -0.358 e. The van der Waals surface area contributed by atoms with Gasteiger partial charge >= 0.3 is 0 Å². The zero-order valence-corrected chi connectivity index (χ0v) is 11.6. The average molecular weight is 277 g/mol. The third-order valence-corrected chi connectivity index (χ3v) is 3.05. The van der Waals surface area contributed by atoms with E-state index in [1.54, 1.807) is 27.9 Å². The minimum atomic E-state index is 0.0209. The first-order valence-electron chi connectivity index (χ1n) is 6.51. The third kappa shape index (κ3) is 2.80. The minimum absolute atomic E-state index is 0.0209. The number of nitrogen functional groups attached to an aromatic ring is 1. The van der Waals surface area contributed by atoms with Crippen molar-refractivity contribution in [3.05, 3.63) is 18.6 Å². The molecule has 0 radical (unpaired) electrons.